The fourth-order valence-electron chi connectivity index (χ4n) is 0.675. The summed E-state index contributed by atoms with van der Waals surface area (Å²) in [6.07, 6.45) is -1.58. The van der Waals surface area contributed by atoms with E-state index < -0.39 is 27.3 Å². The second-order valence-corrected chi connectivity index (χ2v) is 4.93. The number of rotatable bonds is 6. The molecule has 0 amide bonds. The van der Waals surface area contributed by atoms with Crippen molar-refractivity contribution in [2.75, 3.05) is 13.2 Å². The summed E-state index contributed by atoms with van der Waals surface area (Å²) < 4.78 is 2.86. The van der Waals surface area contributed by atoms with E-state index in [0.717, 1.165) is 0 Å². The average molecular weight is 280 g/mol. The number of hydrogen-bond donors (Lipinski definition) is 1. The van der Waals surface area contributed by atoms with E-state index in [2.05, 4.69) is 0 Å². The lowest BCUT2D eigenvalue weighted by molar-refractivity contribution is -0.491. The molecule has 9 heteroatoms. The van der Waals surface area contributed by atoms with Crippen molar-refractivity contribution < 1.29 is 19.6 Å². The van der Waals surface area contributed by atoms with Crippen molar-refractivity contribution in [1.82, 2.24) is 0 Å². The number of nitrogens with zero attached hydrogens (tertiary/aromatic N) is 1. The van der Waals surface area contributed by atoms with Crippen LogP contribution in [-0.4, -0.2) is 39.0 Å². The number of halogens is 3. The number of nitro groups is 1. The molecule has 88 valence electrons. The van der Waals surface area contributed by atoms with Crippen molar-refractivity contribution in [3.05, 3.63) is 10.1 Å². The highest BCUT2D eigenvalue weighted by molar-refractivity contribution is 6.68. The topological polar surface area (TPSA) is 89.7 Å². The molecule has 0 heterocycles. The molecular weight excluding hydrogens is 272 g/mol. The summed E-state index contributed by atoms with van der Waals surface area (Å²) in [5.74, 6) is -1.10. The first-order valence-corrected chi connectivity index (χ1v) is 4.88. The van der Waals surface area contributed by atoms with Crippen molar-refractivity contribution >= 4 is 40.8 Å². The Bertz CT molecular complexity index is 241. The minimum Gasteiger partial charge on any atom is -0.481 e. The van der Waals surface area contributed by atoms with Crippen molar-refractivity contribution in [3.8, 4) is 0 Å². The van der Waals surface area contributed by atoms with Crippen LogP contribution in [0.25, 0.3) is 0 Å². The van der Waals surface area contributed by atoms with Gasteiger partial charge in [0.1, 0.15) is 0 Å². The highest BCUT2D eigenvalue weighted by Crippen LogP contribution is 2.32. The van der Waals surface area contributed by atoms with Crippen LogP contribution in [0.4, 0.5) is 0 Å². The lowest BCUT2D eigenvalue weighted by Crippen LogP contribution is -2.36. The molecule has 15 heavy (non-hydrogen) atoms. The summed E-state index contributed by atoms with van der Waals surface area (Å²) in [6, 6.07) is 0. The molecule has 0 unspecified atom stereocenters. The molecule has 0 radical (unpaired) electrons. The maximum atomic E-state index is 10.2. The first kappa shape index (κ1) is 14.7. The molecule has 0 fully saturated rings. The summed E-state index contributed by atoms with van der Waals surface area (Å²) in [6.45, 7) is -0.947. The molecule has 0 saturated carbocycles. The van der Waals surface area contributed by atoms with Crippen LogP contribution in [0, 0.1) is 10.1 Å². The number of hydrogen-bond acceptors (Lipinski definition) is 4. The van der Waals surface area contributed by atoms with Crippen LogP contribution in [0.3, 0.4) is 0 Å². The van der Waals surface area contributed by atoms with E-state index in [9.17, 15) is 14.9 Å². The molecule has 6 nitrogen and oxygen atoms in total. The third-order valence-corrected chi connectivity index (χ3v) is 2.05. The minimum atomic E-state index is -1.95. The van der Waals surface area contributed by atoms with Gasteiger partial charge in [-0.1, -0.05) is 34.8 Å². The molecule has 0 aromatic carbocycles. The van der Waals surface area contributed by atoms with E-state index in [0.29, 0.717) is 0 Å². The largest absolute Gasteiger partial charge is 0.481 e. The lowest BCUT2D eigenvalue weighted by atomic mass is 10.4. The second kappa shape index (κ2) is 6.32. The van der Waals surface area contributed by atoms with Gasteiger partial charge in [-0.15, -0.1) is 0 Å². The van der Waals surface area contributed by atoms with Crippen molar-refractivity contribution in [3.63, 3.8) is 0 Å². The van der Waals surface area contributed by atoms with Crippen LogP contribution in [0.1, 0.15) is 6.42 Å². The smallest absolute Gasteiger partial charge is 0.305 e. The van der Waals surface area contributed by atoms with Gasteiger partial charge in [0.15, 0.2) is 6.10 Å². The van der Waals surface area contributed by atoms with Gasteiger partial charge < -0.3 is 9.84 Å². The Balaban J connectivity index is 4.14. The monoisotopic (exact) mass is 279 g/mol. The van der Waals surface area contributed by atoms with Gasteiger partial charge in [0, 0.05) is 4.92 Å². The van der Waals surface area contributed by atoms with Gasteiger partial charge in [0.25, 0.3) is 0 Å². The van der Waals surface area contributed by atoms with Crippen LogP contribution < -0.4 is 0 Å². The zero-order valence-corrected chi connectivity index (χ0v) is 9.63. The van der Waals surface area contributed by atoms with Crippen molar-refractivity contribution in [2.24, 2.45) is 0 Å². The van der Waals surface area contributed by atoms with E-state index >= 15 is 0 Å². The fraction of sp³-hybridized carbons (Fsp3) is 0.833. The summed E-state index contributed by atoms with van der Waals surface area (Å²) in [5, 5.41) is 18.5. The molecule has 0 aliphatic rings. The van der Waals surface area contributed by atoms with Crippen LogP contribution in [0.2, 0.25) is 0 Å². The zero-order chi connectivity index (χ0) is 12.1. The lowest BCUT2D eigenvalue weighted by Gasteiger charge is -2.20. The van der Waals surface area contributed by atoms with Gasteiger partial charge in [-0.3, -0.25) is 14.9 Å². The van der Waals surface area contributed by atoms with Crippen LogP contribution in [0.15, 0.2) is 0 Å². The van der Waals surface area contributed by atoms with Gasteiger partial charge in [0.2, 0.25) is 10.3 Å². The molecular formula is C6H8Cl3NO5. The number of ether oxygens (including phenoxy) is 1. The summed E-state index contributed by atoms with van der Waals surface area (Å²) in [4.78, 5) is 19.6. The van der Waals surface area contributed by atoms with Gasteiger partial charge in [-0.05, 0) is 0 Å². The molecule has 0 aromatic rings. The Morgan fingerprint density at radius 1 is 1.53 bits per heavy atom. The molecule has 0 bridgehead atoms. The summed E-state index contributed by atoms with van der Waals surface area (Å²) in [7, 11) is 0. The standard InChI is InChI=1S/C6H8Cl3NO5/c7-6(8,9)4(3-10(13)14)15-2-1-5(11)12/h4H,1-3H2,(H,11,12)/t4-/m0/s1. The third kappa shape index (κ3) is 7.61. The second-order valence-electron chi connectivity index (χ2n) is 2.56. The predicted molar refractivity (Wildman–Crippen MR) is 54.1 cm³/mol. The molecule has 0 rings (SSSR count). The number of carboxylic acids is 1. The van der Waals surface area contributed by atoms with Crippen molar-refractivity contribution in [1.29, 1.82) is 0 Å². The Kier molecular flexibility index (Phi) is 6.19. The van der Waals surface area contributed by atoms with E-state index in [1.165, 1.54) is 0 Å². The summed E-state index contributed by atoms with van der Waals surface area (Å²) >= 11 is 16.2. The van der Waals surface area contributed by atoms with Gasteiger partial charge >= 0.3 is 5.97 Å². The van der Waals surface area contributed by atoms with Crippen molar-refractivity contribution in [2.45, 2.75) is 16.3 Å². The highest BCUT2D eigenvalue weighted by atomic mass is 35.6. The van der Waals surface area contributed by atoms with Gasteiger partial charge in [-0.25, -0.2) is 0 Å². The van der Waals surface area contributed by atoms with E-state index in [4.69, 9.17) is 44.6 Å². The molecule has 0 aliphatic heterocycles. The molecule has 1 atom stereocenters. The normalized spacial score (nSPS) is 13.5. The maximum absolute atomic E-state index is 10.2. The average Bonchev–Trinajstić information content (AvgIpc) is 1.99. The zero-order valence-electron chi connectivity index (χ0n) is 7.36. The molecule has 0 aromatic heterocycles. The Hall–Kier alpha value is -0.300. The van der Waals surface area contributed by atoms with E-state index in [1.54, 1.807) is 0 Å². The first-order valence-electron chi connectivity index (χ1n) is 3.75. The van der Waals surface area contributed by atoms with E-state index in [1.807, 2.05) is 0 Å². The van der Waals surface area contributed by atoms with Crippen LogP contribution in [0.5, 0.6) is 0 Å². The van der Waals surface area contributed by atoms with E-state index in [-0.39, 0.29) is 13.0 Å². The fourth-order valence-corrected chi connectivity index (χ4v) is 1.07. The molecule has 0 spiro atoms. The quantitative estimate of drug-likeness (QED) is 0.452. The SMILES string of the molecule is O=C(O)CCO[C@@H](C[N+](=O)[O-])C(Cl)(Cl)Cl. The summed E-state index contributed by atoms with van der Waals surface area (Å²) in [5.41, 5.74) is 0. The maximum Gasteiger partial charge on any atom is 0.305 e. The number of alkyl halides is 3. The number of carboxylic acid groups (broad SMARTS) is 1. The molecule has 0 saturated heterocycles. The highest BCUT2D eigenvalue weighted by Gasteiger charge is 2.37. The Morgan fingerprint density at radius 2 is 2.07 bits per heavy atom. The van der Waals surface area contributed by atoms with Crippen LogP contribution in [-0.2, 0) is 9.53 Å². The number of carbonyl (C=O) groups is 1. The third-order valence-electron chi connectivity index (χ3n) is 1.31. The molecule has 1 N–H and O–H groups in total. The van der Waals surface area contributed by atoms with Gasteiger partial charge in [0.05, 0.1) is 13.0 Å². The Labute approximate surface area is 100 Å². The van der Waals surface area contributed by atoms with Crippen LogP contribution >= 0.6 is 34.8 Å². The number of aliphatic carboxylic acids is 1. The Morgan fingerprint density at radius 3 is 2.40 bits per heavy atom. The predicted octanol–water partition coefficient (Wildman–Crippen LogP) is 1.49. The first-order chi connectivity index (χ1) is 6.73. The molecule has 0 aliphatic carbocycles. The minimum absolute atomic E-state index is 0.248. The van der Waals surface area contributed by atoms with Gasteiger partial charge in [-0.2, -0.15) is 0 Å².